The van der Waals surface area contributed by atoms with Crippen molar-refractivity contribution in [3.05, 3.63) is 16.6 Å². The number of amides is 2. The third kappa shape index (κ3) is 2.09. The van der Waals surface area contributed by atoms with Crippen LogP contribution in [0.15, 0.2) is 11.7 Å². The Morgan fingerprint density at radius 2 is 2.35 bits per heavy atom. The summed E-state index contributed by atoms with van der Waals surface area (Å²) in [5.41, 5.74) is 6.84. The highest BCUT2D eigenvalue weighted by Gasteiger charge is 2.54. The molecular formula is C12H17N5O2S. The van der Waals surface area contributed by atoms with E-state index in [9.17, 15) is 9.59 Å². The molecule has 0 aliphatic carbocycles. The zero-order chi connectivity index (χ0) is 14.2. The lowest BCUT2D eigenvalue weighted by atomic mass is 9.73. The van der Waals surface area contributed by atoms with Crippen molar-refractivity contribution in [3.8, 4) is 0 Å². The molecule has 2 amide bonds. The van der Waals surface area contributed by atoms with Crippen molar-refractivity contribution < 1.29 is 9.59 Å². The lowest BCUT2D eigenvalue weighted by Gasteiger charge is -2.42. The number of carbonyl (C=O) groups is 2. The number of hydrogen-bond acceptors (Lipinski definition) is 6. The Bertz CT molecular complexity index is 514. The van der Waals surface area contributed by atoms with E-state index in [2.05, 4.69) is 21.2 Å². The van der Waals surface area contributed by atoms with E-state index in [0.29, 0.717) is 18.0 Å². The number of likely N-dealkylation sites (tertiary alicyclic amines) is 1. The molecule has 2 aliphatic heterocycles. The monoisotopic (exact) mass is 295 g/mol. The summed E-state index contributed by atoms with van der Waals surface area (Å²) in [7, 11) is 1.67. The Hall–Kier alpha value is -1.51. The number of thiazole rings is 1. The fourth-order valence-electron chi connectivity index (χ4n) is 2.98. The van der Waals surface area contributed by atoms with E-state index in [4.69, 9.17) is 0 Å². The summed E-state index contributed by atoms with van der Waals surface area (Å²) in [5, 5.41) is 3.22. The molecular weight excluding hydrogens is 278 g/mol. The van der Waals surface area contributed by atoms with Crippen molar-refractivity contribution in [2.24, 2.45) is 11.3 Å². The molecule has 1 spiro atoms. The Balaban J connectivity index is 1.77. The third-order valence-corrected chi connectivity index (χ3v) is 4.86. The molecule has 1 atom stereocenters. The second kappa shape index (κ2) is 5.12. The van der Waals surface area contributed by atoms with E-state index in [1.807, 2.05) is 0 Å². The quantitative estimate of drug-likeness (QED) is 0.626. The van der Waals surface area contributed by atoms with Gasteiger partial charge in [-0.15, -0.1) is 11.3 Å². The van der Waals surface area contributed by atoms with Crippen LogP contribution >= 0.6 is 11.3 Å². The maximum absolute atomic E-state index is 12.4. The summed E-state index contributed by atoms with van der Waals surface area (Å²) in [5.74, 6) is -0.250. The van der Waals surface area contributed by atoms with Crippen LogP contribution in [0.4, 0.5) is 0 Å². The highest BCUT2D eigenvalue weighted by Crippen LogP contribution is 2.40. The molecule has 0 bridgehead atoms. The minimum absolute atomic E-state index is 0.0291. The van der Waals surface area contributed by atoms with Gasteiger partial charge in [-0.25, -0.2) is 5.43 Å². The Kier molecular flexibility index (Phi) is 3.45. The fourth-order valence-corrected chi connectivity index (χ4v) is 3.56. The summed E-state index contributed by atoms with van der Waals surface area (Å²) in [6.45, 7) is 2.65. The van der Waals surface area contributed by atoms with Crippen LogP contribution < -0.4 is 16.2 Å². The summed E-state index contributed by atoms with van der Waals surface area (Å²) >= 11 is 1.33. The van der Waals surface area contributed by atoms with Gasteiger partial charge in [-0.1, -0.05) is 0 Å². The standard InChI is InChI=1S/C12H17N5O2S/c1-13-16-10(18)8-3-17(6-12(8)4-15-5-12)11(19)9-2-14-7-20-9/h2,7-8,13,15H,3-6H2,1H3,(H,16,18). The van der Waals surface area contributed by atoms with Crippen molar-refractivity contribution in [1.82, 2.24) is 26.1 Å². The van der Waals surface area contributed by atoms with Gasteiger partial charge in [0.05, 0.1) is 17.6 Å². The van der Waals surface area contributed by atoms with E-state index in [0.717, 1.165) is 13.1 Å². The van der Waals surface area contributed by atoms with Crippen LogP contribution in [0, 0.1) is 11.3 Å². The fraction of sp³-hybridized carbons (Fsp3) is 0.583. The number of nitrogens with one attached hydrogen (secondary N) is 3. The van der Waals surface area contributed by atoms with E-state index < -0.39 is 0 Å². The van der Waals surface area contributed by atoms with Crippen molar-refractivity contribution in [2.75, 3.05) is 33.2 Å². The van der Waals surface area contributed by atoms with Crippen molar-refractivity contribution >= 4 is 23.2 Å². The molecule has 20 heavy (non-hydrogen) atoms. The topological polar surface area (TPSA) is 86.4 Å². The first-order valence-corrected chi connectivity index (χ1v) is 7.39. The molecule has 7 nitrogen and oxygen atoms in total. The van der Waals surface area contributed by atoms with E-state index in [1.54, 1.807) is 23.7 Å². The molecule has 2 saturated heterocycles. The van der Waals surface area contributed by atoms with E-state index >= 15 is 0 Å². The number of aromatic nitrogens is 1. The van der Waals surface area contributed by atoms with Gasteiger partial charge in [0.2, 0.25) is 5.91 Å². The highest BCUT2D eigenvalue weighted by molar-refractivity contribution is 7.11. The predicted molar refractivity (Wildman–Crippen MR) is 74.0 cm³/mol. The molecule has 108 valence electrons. The predicted octanol–water partition coefficient (Wildman–Crippen LogP) is -0.945. The van der Waals surface area contributed by atoms with Crippen LogP contribution in [0.3, 0.4) is 0 Å². The highest BCUT2D eigenvalue weighted by atomic mass is 32.1. The zero-order valence-electron chi connectivity index (χ0n) is 11.2. The van der Waals surface area contributed by atoms with Gasteiger partial charge in [-0.2, -0.15) is 0 Å². The van der Waals surface area contributed by atoms with Gasteiger partial charge in [0, 0.05) is 38.6 Å². The minimum atomic E-state index is -0.173. The molecule has 2 fully saturated rings. The normalized spacial score (nSPS) is 23.6. The average Bonchev–Trinajstić information content (AvgIpc) is 3.05. The zero-order valence-corrected chi connectivity index (χ0v) is 12.0. The van der Waals surface area contributed by atoms with Crippen LogP contribution in [0.25, 0.3) is 0 Å². The van der Waals surface area contributed by atoms with Crippen LogP contribution in [0.5, 0.6) is 0 Å². The van der Waals surface area contributed by atoms with Gasteiger partial charge in [-0.3, -0.25) is 20.0 Å². The summed E-state index contributed by atoms with van der Waals surface area (Å²) in [6, 6.07) is 0. The largest absolute Gasteiger partial charge is 0.336 e. The lowest BCUT2D eigenvalue weighted by molar-refractivity contribution is -0.129. The molecule has 0 radical (unpaired) electrons. The molecule has 3 N–H and O–H groups in total. The first-order chi connectivity index (χ1) is 9.66. The third-order valence-electron chi connectivity index (χ3n) is 4.10. The van der Waals surface area contributed by atoms with E-state index in [-0.39, 0.29) is 23.1 Å². The van der Waals surface area contributed by atoms with Gasteiger partial charge in [0.1, 0.15) is 4.88 Å². The van der Waals surface area contributed by atoms with Crippen LogP contribution in [-0.4, -0.2) is 54.9 Å². The number of hydrogen-bond donors (Lipinski definition) is 3. The molecule has 1 aromatic rings. The smallest absolute Gasteiger partial charge is 0.265 e. The van der Waals surface area contributed by atoms with Gasteiger partial charge in [0.15, 0.2) is 0 Å². The SMILES string of the molecule is CNNC(=O)C1CN(C(=O)c2cncs2)CC12CNC2. The first kappa shape index (κ1) is 13.5. The van der Waals surface area contributed by atoms with Gasteiger partial charge < -0.3 is 10.2 Å². The van der Waals surface area contributed by atoms with Gasteiger partial charge in [-0.05, 0) is 0 Å². The molecule has 1 unspecified atom stereocenters. The Morgan fingerprint density at radius 3 is 2.90 bits per heavy atom. The number of hydrazine groups is 1. The summed E-state index contributed by atoms with van der Waals surface area (Å²) in [6.07, 6.45) is 1.58. The van der Waals surface area contributed by atoms with Gasteiger partial charge >= 0.3 is 0 Å². The maximum atomic E-state index is 12.4. The maximum Gasteiger partial charge on any atom is 0.265 e. The Morgan fingerprint density at radius 1 is 1.55 bits per heavy atom. The van der Waals surface area contributed by atoms with Crippen LogP contribution in [0.2, 0.25) is 0 Å². The number of rotatable bonds is 3. The minimum Gasteiger partial charge on any atom is -0.336 e. The second-order valence-electron chi connectivity index (χ2n) is 5.31. The molecule has 2 aliphatic rings. The van der Waals surface area contributed by atoms with Crippen LogP contribution in [-0.2, 0) is 4.79 Å². The summed E-state index contributed by atoms with van der Waals surface area (Å²) < 4.78 is 0. The van der Waals surface area contributed by atoms with Crippen molar-refractivity contribution in [1.29, 1.82) is 0 Å². The molecule has 1 aromatic heterocycles. The molecule has 8 heteroatoms. The molecule has 3 rings (SSSR count). The summed E-state index contributed by atoms with van der Waals surface area (Å²) in [4.78, 5) is 30.9. The van der Waals surface area contributed by atoms with Crippen LogP contribution in [0.1, 0.15) is 9.67 Å². The molecule has 0 saturated carbocycles. The molecule has 3 heterocycles. The molecule has 0 aromatic carbocycles. The number of carbonyl (C=O) groups excluding carboxylic acids is 2. The van der Waals surface area contributed by atoms with Crippen molar-refractivity contribution in [3.63, 3.8) is 0 Å². The number of nitrogens with zero attached hydrogens (tertiary/aromatic N) is 2. The first-order valence-electron chi connectivity index (χ1n) is 6.51. The lowest BCUT2D eigenvalue weighted by Crippen LogP contribution is -2.61. The van der Waals surface area contributed by atoms with Gasteiger partial charge in [0.25, 0.3) is 5.91 Å². The Labute approximate surface area is 120 Å². The second-order valence-corrected chi connectivity index (χ2v) is 6.20. The van der Waals surface area contributed by atoms with E-state index in [1.165, 1.54) is 11.3 Å². The van der Waals surface area contributed by atoms with Crippen molar-refractivity contribution in [2.45, 2.75) is 0 Å². The average molecular weight is 295 g/mol.